The molecule has 0 aromatic heterocycles. The number of thiocarbonyl (C=S) groups is 1. The van der Waals surface area contributed by atoms with Crippen molar-refractivity contribution in [3.8, 4) is 5.75 Å². The maximum Gasteiger partial charge on any atom is 0.185 e. The Morgan fingerprint density at radius 3 is 2.27 bits per heavy atom. The summed E-state index contributed by atoms with van der Waals surface area (Å²) in [4.78, 5) is 0. The van der Waals surface area contributed by atoms with Crippen LogP contribution in [0, 0.1) is 13.8 Å². The highest BCUT2D eigenvalue weighted by Crippen LogP contribution is 2.13. The summed E-state index contributed by atoms with van der Waals surface area (Å²) in [6.45, 7) is 4.79. The van der Waals surface area contributed by atoms with Crippen LogP contribution in [0.3, 0.4) is 0 Å². The molecule has 0 aliphatic carbocycles. The first kappa shape index (κ1) is 16.1. The summed E-state index contributed by atoms with van der Waals surface area (Å²) < 4.78 is 5.13. The van der Waals surface area contributed by atoms with Gasteiger partial charge in [-0.25, -0.2) is 0 Å². The molecule has 0 bridgehead atoms. The van der Waals surface area contributed by atoms with Crippen molar-refractivity contribution >= 4 is 23.0 Å². The van der Waals surface area contributed by atoms with E-state index in [2.05, 4.69) is 48.2 Å². The number of nitrogens with one attached hydrogen (secondary N) is 3. The minimum atomic E-state index is 0.551. The Balaban J connectivity index is 1.80. The molecular weight excluding hydrogens is 294 g/mol. The normalized spacial score (nSPS) is 9.95. The van der Waals surface area contributed by atoms with Gasteiger partial charge < -0.3 is 10.1 Å². The van der Waals surface area contributed by atoms with Crippen LogP contribution in [0.5, 0.6) is 5.75 Å². The first-order valence-corrected chi connectivity index (χ1v) is 7.49. The van der Waals surface area contributed by atoms with Crippen molar-refractivity contribution in [1.29, 1.82) is 0 Å². The van der Waals surface area contributed by atoms with Gasteiger partial charge in [0.2, 0.25) is 0 Å². The van der Waals surface area contributed by atoms with E-state index in [0.29, 0.717) is 11.7 Å². The number of ether oxygens (including phenoxy) is 1. The molecule has 5 heteroatoms. The molecule has 0 saturated carbocycles. The fraction of sp³-hybridized carbons (Fsp3) is 0.235. The number of methoxy groups -OCH3 is 1. The lowest BCUT2D eigenvalue weighted by Gasteiger charge is -2.13. The standard InChI is InChI=1S/C17H21N3OS/c1-12-8-13(2)10-15(9-12)19-20-17(22)18-11-14-4-6-16(21-3)7-5-14/h4-10,19H,11H2,1-3H3,(H2,18,20,22). The molecule has 0 atom stereocenters. The van der Waals surface area contributed by atoms with E-state index in [1.54, 1.807) is 7.11 Å². The van der Waals surface area contributed by atoms with Crippen LogP contribution in [-0.4, -0.2) is 12.2 Å². The Labute approximate surface area is 136 Å². The van der Waals surface area contributed by atoms with Gasteiger partial charge in [0, 0.05) is 6.54 Å². The van der Waals surface area contributed by atoms with E-state index in [9.17, 15) is 0 Å². The van der Waals surface area contributed by atoms with Crippen LogP contribution in [-0.2, 0) is 6.54 Å². The number of hydrogen-bond acceptors (Lipinski definition) is 3. The predicted octanol–water partition coefficient (Wildman–Crippen LogP) is 3.30. The minimum absolute atomic E-state index is 0.551. The van der Waals surface area contributed by atoms with Crippen LogP contribution in [0.15, 0.2) is 42.5 Å². The van der Waals surface area contributed by atoms with Crippen molar-refractivity contribution in [2.24, 2.45) is 0 Å². The third kappa shape index (κ3) is 4.93. The summed E-state index contributed by atoms with van der Waals surface area (Å²) in [5.41, 5.74) is 10.6. The maximum absolute atomic E-state index is 5.26. The van der Waals surface area contributed by atoms with E-state index < -0.39 is 0 Å². The van der Waals surface area contributed by atoms with Crippen molar-refractivity contribution in [1.82, 2.24) is 10.7 Å². The van der Waals surface area contributed by atoms with Crippen molar-refractivity contribution in [3.05, 3.63) is 59.2 Å². The molecule has 0 radical (unpaired) electrons. The molecule has 2 aromatic carbocycles. The molecule has 0 unspecified atom stereocenters. The average molecular weight is 315 g/mol. The predicted molar refractivity (Wildman–Crippen MR) is 95.1 cm³/mol. The summed E-state index contributed by atoms with van der Waals surface area (Å²) in [6.07, 6.45) is 0. The Morgan fingerprint density at radius 1 is 1.05 bits per heavy atom. The second-order valence-electron chi connectivity index (χ2n) is 5.16. The van der Waals surface area contributed by atoms with Crippen LogP contribution in [0.25, 0.3) is 0 Å². The lowest BCUT2D eigenvalue weighted by Crippen LogP contribution is -2.38. The molecule has 3 N–H and O–H groups in total. The summed E-state index contributed by atoms with van der Waals surface area (Å²) in [7, 11) is 1.66. The van der Waals surface area contributed by atoms with E-state index in [1.807, 2.05) is 24.3 Å². The van der Waals surface area contributed by atoms with Crippen LogP contribution in [0.1, 0.15) is 16.7 Å². The Hall–Kier alpha value is -2.27. The molecule has 0 amide bonds. The van der Waals surface area contributed by atoms with Gasteiger partial charge in [0.15, 0.2) is 5.11 Å². The van der Waals surface area contributed by atoms with Crippen molar-refractivity contribution in [2.75, 3.05) is 12.5 Å². The third-order valence-corrected chi connectivity index (χ3v) is 3.40. The van der Waals surface area contributed by atoms with Gasteiger partial charge in [-0.2, -0.15) is 0 Å². The van der Waals surface area contributed by atoms with Gasteiger partial charge in [0.1, 0.15) is 5.75 Å². The number of benzene rings is 2. The summed E-state index contributed by atoms with van der Waals surface area (Å²) in [5.74, 6) is 0.848. The van der Waals surface area contributed by atoms with Crippen LogP contribution < -0.4 is 20.9 Å². The number of aryl methyl sites for hydroxylation is 2. The highest BCUT2D eigenvalue weighted by atomic mass is 32.1. The largest absolute Gasteiger partial charge is 0.497 e. The van der Waals surface area contributed by atoms with Gasteiger partial charge in [0.05, 0.1) is 12.8 Å². The Morgan fingerprint density at radius 2 is 1.68 bits per heavy atom. The Bertz CT molecular complexity index is 621. The zero-order valence-corrected chi connectivity index (χ0v) is 13.9. The number of hydrogen-bond donors (Lipinski definition) is 3. The smallest absolute Gasteiger partial charge is 0.185 e. The molecule has 0 saturated heterocycles. The van der Waals surface area contributed by atoms with Gasteiger partial charge in [-0.1, -0.05) is 18.2 Å². The fourth-order valence-electron chi connectivity index (χ4n) is 2.15. The lowest BCUT2D eigenvalue weighted by atomic mass is 10.1. The molecule has 0 heterocycles. The molecule has 4 nitrogen and oxygen atoms in total. The molecule has 0 aliphatic rings. The molecule has 0 spiro atoms. The van der Waals surface area contributed by atoms with Gasteiger partial charge in [-0.3, -0.25) is 10.9 Å². The number of hydrazine groups is 1. The molecule has 0 aliphatic heterocycles. The van der Waals surface area contributed by atoms with Crippen LogP contribution in [0.4, 0.5) is 5.69 Å². The highest BCUT2D eigenvalue weighted by Gasteiger charge is 1.99. The fourth-order valence-corrected chi connectivity index (χ4v) is 2.27. The highest BCUT2D eigenvalue weighted by molar-refractivity contribution is 7.80. The summed E-state index contributed by atoms with van der Waals surface area (Å²) in [6, 6.07) is 14.1. The first-order valence-electron chi connectivity index (χ1n) is 7.08. The van der Waals surface area contributed by atoms with Crippen molar-refractivity contribution < 1.29 is 4.74 Å². The van der Waals surface area contributed by atoms with E-state index in [-0.39, 0.29) is 0 Å². The Kier molecular flexibility index (Phi) is 5.61. The quantitative estimate of drug-likeness (QED) is 0.584. The van der Waals surface area contributed by atoms with E-state index in [1.165, 1.54) is 11.1 Å². The molecule has 22 heavy (non-hydrogen) atoms. The average Bonchev–Trinajstić information content (AvgIpc) is 2.50. The summed E-state index contributed by atoms with van der Waals surface area (Å²) >= 11 is 5.26. The molecular formula is C17H21N3OS. The topological polar surface area (TPSA) is 45.3 Å². The monoisotopic (exact) mass is 315 g/mol. The zero-order chi connectivity index (χ0) is 15.9. The van der Waals surface area contributed by atoms with Crippen molar-refractivity contribution in [2.45, 2.75) is 20.4 Å². The van der Waals surface area contributed by atoms with E-state index in [4.69, 9.17) is 17.0 Å². The van der Waals surface area contributed by atoms with Crippen LogP contribution in [0.2, 0.25) is 0 Å². The second kappa shape index (κ2) is 7.66. The number of anilines is 1. The van der Waals surface area contributed by atoms with Gasteiger partial charge >= 0.3 is 0 Å². The van der Waals surface area contributed by atoms with E-state index in [0.717, 1.165) is 17.0 Å². The van der Waals surface area contributed by atoms with Crippen LogP contribution >= 0.6 is 12.2 Å². The SMILES string of the molecule is COc1ccc(CNC(=S)NNc2cc(C)cc(C)c2)cc1. The minimum Gasteiger partial charge on any atom is -0.497 e. The van der Waals surface area contributed by atoms with Gasteiger partial charge in [-0.05, 0) is 67.0 Å². The molecule has 2 aromatic rings. The molecule has 116 valence electrons. The molecule has 0 fully saturated rings. The van der Waals surface area contributed by atoms with E-state index >= 15 is 0 Å². The zero-order valence-electron chi connectivity index (χ0n) is 13.1. The first-order chi connectivity index (χ1) is 10.6. The maximum atomic E-state index is 5.26. The van der Waals surface area contributed by atoms with Gasteiger partial charge in [-0.15, -0.1) is 0 Å². The second-order valence-corrected chi connectivity index (χ2v) is 5.57. The molecule has 2 rings (SSSR count). The lowest BCUT2D eigenvalue weighted by molar-refractivity contribution is 0.414. The van der Waals surface area contributed by atoms with Crippen molar-refractivity contribution in [3.63, 3.8) is 0 Å². The third-order valence-electron chi connectivity index (χ3n) is 3.15. The number of rotatable bonds is 5. The van der Waals surface area contributed by atoms with Gasteiger partial charge in [0.25, 0.3) is 0 Å². The summed E-state index contributed by atoms with van der Waals surface area (Å²) in [5, 5.41) is 3.70.